The fourth-order valence-electron chi connectivity index (χ4n) is 8.53. The van der Waals surface area contributed by atoms with Crippen molar-refractivity contribution in [3.63, 3.8) is 0 Å². The summed E-state index contributed by atoms with van der Waals surface area (Å²) in [5.41, 5.74) is 14.6. The number of rotatable bonds is 7. The van der Waals surface area contributed by atoms with E-state index in [0.717, 1.165) is 50.1 Å². The highest BCUT2D eigenvalue weighted by Gasteiger charge is 2.18. The maximum Gasteiger partial charge on any atom is 0.136 e. The molecule has 1 aromatic heterocycles. The quantitative estimate of drug-likeness (QED) is 0.162. The lowest BCUT2D eigenvalue weighted by Gasteiger charge is -2.26. The van der Waals surface area contributed by atoms with Crippen molar-refractivity contribution in [3.8, 4) is 44.5 Å². The van der Waals surface area contributed by atoms with Gasteiger partial charge < -0.3 is 9.32 Å². The van der Waals surface area contributed by atoms with E-state index in [9.17, 15) is 0 Å². The first-order chi connectivity index (χ1) is 28.7. The Morgan fingerprint density at radius 2 is 0.759 bits per heavy atom. The molecule has 0 saturated carbocycles. The molecule has 11 aromatic rings. The van der Waals surface area contributed by atoms with Gasteiger partial charge in [0.1, 0.15) is 11.2 Å². The summed E-state index contributed by atoms with van der Waals surface area (Å²) < 4.78 is 6.49. The summed E-state index contributed by atoms with van der Waals surface area (Å²) in [5.74, 6) is 0. The second-order valence-electron chi connectivity index (χ2n) is 14.9. The lowest BCUT2D eigenvalue weighted by molar-refractivity contribution is 0.669. The smallest absolute Gasteiger partial charge is 0.136 e. The second-order valence-corrected chi connectivity index (χ2v) is 14.9. The molecule has 2 heteroatoms. The van der Waals surface area contributed by atoms with Gasteiger partial charge in [-0.15, -0.1) is 0 Å². The number of fused-ring (bicyclic) bond motifs is 6. The number of nitrogens with zero attached hydrogens (tertiary/aromatic N) is 1. The fourth-order valence-corrected chi connectivity index (χ4v) is 8.53. The molecule has 0 aliphatic rings. The Kier molecular flexibility index (Phi) is 8.19. The number of hydrogen-bond acceptors (Lipinski definition) is 2. The lowest BCUT2D eigenvalue weighted by Crippen LogP contribution is -2.09. The Labute approximate surface area is 337 Å². The molecular formula is C56H37NO. The Bertz CT molecular complexity index is 3150. The molecule has 0 aliphatic carbocycles. The minimum Gasteiger partial charge on any atom is -0.456 e. The first-order valence-corrected chi connectivity index (χ1v) is 19.8. The molecule has 58 heavy (non-hydrogen) atoms. The van der Waals surface area contributed by atoms with Crippen LogP contribution in [0.15, 0.2) is 229 Å². The first kappa shape index (κ1) is 33.6. The molecule has 11 rings (SSSR count). The van der Waals surface area contributed by atoms with Crippen LogP contribution in [0.5, 0.6) is 0 Å². The molecule has 0 fully saturated rings. The van der Waals surface area contributed by atoms with Crippen LogP contribution in [0, 0.1) is 0 Å². The van der Waals surface area contributed by atoms with E-state index >= 15 is 0 Å². The molecule has 1 heterocycles. The molecule has 0 saturated heterocycles. The molecule has 0 amide bonds. The summed E-state index contributed by atoms with van der Waals surface area (Å²) >= 11 is 0. The van der Waals surface area contributed by atoms with Crippen molar-refractivity contribution in [3.05, 3.63) is 224 Å². The predicted molar refractivity (Wildman–Crippen MR) is 245 cm³/mol. The third-order valence-electron chi connectivity index (χ3n) is 11.5. The number of anilines is 3. The number of furan rings is 1. The van der Waals surface area contributed by atoms with Gasteiger partial charge in [0, 0.05) is 27.8 Å². The molecule has 0 atom stereocenters. The van der Waals surface area contributed by atoms with Gasteiger partial charge in [0.05, 0.1) is 0 Å². The van der Waals surface area contributed by atoms with Gasteiger partial charge in [-0.3, -0.25) is 0 Å². The first-order valence-electron chi connectivity index (χ1n) is 19.8. The Morgan fingerprint density at radius 3 is 1.38 bits per heavy atom. The summed E-state index contributed by atoms with van der Waals surface area (Å²) in [7, 11) is 0. The maximum atomic E-state index is 6.49. The highest BCUT2D eigenvalue weighted by Crippen LogP contribution is 2.43. The molecule has 10 aromatic carbocycles. The van der Waals surface area contributed by atoms with Crippen LogP contribution in [0.4, 0.5) is 17.1 Å². The van der Waals surface area contributed by atoms with E-state index in [-0.39, 0.29) is 0 Å². The summed E-state index contributed by atoms with van der Waals surface area (Å²) in [6, 6.07) is 80.6. The van der Waals surface area contributed by atoms with Gasteiger partial charge >= 0.3 is 0 Å². The number of hydrogen-bond donors (Lipinski definition) is 0. The average Bonchev–Trinajstić information content (AvgIpc) is 3.69. The zero-order valence-electron chi connectivity index (χ0n) is 31.7. The SMILES string of the molecule is c1ccc(-c2ccc(N(c3ccc(-c4ccccc4)cc3)c3ccc(-c4ccc5c(c4)c(-c4ccc6ccccc6c4)cc4oc6ccccc6c45)cc3)cc2)cc1. The Morgan fingerprint density at radius 1 is 0.276 bits per heavy atom. The van der Waals surface area contributed by atoms with Crippen molar-refractivity contribution in [2.24, 2.45) is 0 Å². The van der Waals surface area contributed by atoms with Gasteiger partial charge in [0.25, 0.3) is 0 Å². The van der Waals surface area contributed by atoms with E-state index in [2.05, 4.69) is 223 Å². The van der Waals surface area contributed by atoms with Crippen molar-refractivity contribution in [2.75, 3.05) is 4.90 Å². The maximum absolute atomic E-state index is 6.49. The molecule has 0 aliphatic heterocycles. The van der Waals surface area contributed by atoms with E-state index in [1.165, 1.54) is 54.9 Å². The standard InChI is InChI=1S/C56H37NO/c1-3-11-38(12-4-1)41-21-28-47(29-22-41)57(48-30-23-42(24-31-48)39-13-5-2-6-14-39)49-32-25-43(26-33-49)45-27-34-50-53(36-45)52(46-20-19-40-15-7-8-16-44(40)35-46)37-55-56(50)51-17-9-10-18-54(51)58-55/h1-37H. The van der Waals surface area contributed by atoms with Gasteiger partial charge in [-0.1, -0.05) is 164 Å². The Balaban J connectivity index is 1.02. The summed E-state index contributed by atoms with van der Waals surface area (Å²) in [6.45, 7) is 0. The average molecular weight is 740 g/mol. The van der Waals surface area contributed by atoms with Crippen LogP contribution in [0.2, 0.25) is 0 Å². The number of para-hydroxylation sites is 1. The van der Waals surface area contributed by atoms with Crippen molar-refractivity contribution in [1.29, 1.82) is 0 Å². The topological polar surface area (TPSA) is 16.4 Å². The molecule has 0 unspecified atom stereocenters. The molecule has 2 nitrogen and oxygen atoms in total. The second kappa shape index (κ2) is 14.1. The third-order valence-corrected chi connectivity index (χ3v) is 11.5. The van der Waals surface area contributed by atoms with Crippen LogP contribution in [-0.2, 0) is 0 Å². The van der Waals surface area contributed by atoms with Gasteiger partial charge in [0.15, 0.2) is 0 Å². The molecule has 0 N–H and O–H groups in total. The highest BCUT2D eigenvalue weighted by atomic mass is 16.3. The molecule has 0 radical (unpaired) electrons. The van der Waals surface area contributed by atoms with E-state index < -0.39 is 0 Å². The summed E-state index contributed by atoms with van der Waals surface area (Å²) in [5, 5.41) is 7.14. The van der Waals surface area contributed by atoms with E-state index in [0.29, 0.717) is 0 Å². The molecule has 0 spiro atoms. The van der Waals surface area contributed by atoms with Crippen molar-refractivity contribution in [2.45, 2.75) is 0 Å². The van der Waals surface area contributed by atoms with Gasteiger partial charge in [0.2, 0.25) is 0 Å². The van der Waals surface area contributed by atoms with Gasteiger partial charge in [-0.05, 0) is 127 Å². The van der Waals surface area contributed by atoms with Crippen molar-refractivity contribution < 1.29 is 4.42 Å². The van der Waals surface area contributed by atoms with Crippen LogP contribution >= 0.6 is 0 Å². The van der Waals surface area contributed by atoms with Crippen LogP contribution in [0.1, 0.15) is 0 Å². The van der Waals surface area contributed by atoms with Crippen LogP contribution in [-0.4, -0.2) is 0 Å². The number of benzene rings is 10. The van der Waals surface area contributed by atoms with Crippen LogP contribution in [0.3, 0.4) is 0 Å². The minimum atomic E-state index is 0.905. The molecule has 272 valence electrons. The van der Waals surface area contributed by atoms with Gasteiger partial charge in [-0.25, -0.2) is 0 Å². The largest absolute Gasteiger partial charge is 0.456 e. The van der Waals surface area contributed by atoms with Crippen molar-refractivity contribution >= 4 is 60.5 Å². The summed E-state index contributed by atoms with van der Waals surface area (Å²) in [4.78, 5) is 2.34. The lowest BCUT2D eigenvalue weighted by atomic mass is 9.91. The van der Waals surface area contributed by atoms with Gasteiger partial charge in [-0.2, -0.15) is 0 Å². The molecule has 0 bridgehead atoms. The summed E-state index contributed by atoms with van der Waals surface area (Å²) in [6.07, 6.45) is 0. The third kappa shape index (κ3) is 6.00. The monoisotopic (exact) mass is 739 g/mol. The van der Waals surface area contributed by atoms with E-state index in [1.54, 1.807) is 0 Å². The normalized spacial score (nSPS) is 11.4. The predicted octanol–water partition coefficient (Wildman–Crippen LogP) is 16.0. The van der Waals surface area contributed by atoms with E-state index in [4.69, 9.17) is 4.42 Å². The zero-order chi connectivity index (χ0) is 38.4. The minimum absolute atomic E-state index is 0.905. The molecular weight excluding hydrogens is 703 g/mol. The zero-order valence-corrected chi connectivity index (χ0v) is 31.7. The van der Waals surface area contributed by atoms with Crippen molar-refractivity contribution in [1.82, 2.24) is 0 Å². The fraction of sp³-hybridized carbons (Fsp3) is 0. The van der Waals surface area contributed by atoms with E-state index in [1.807, 2.05) is 6.07 Å². The van der Waals surface area contributed by atoms with Crippen LogP contribution < -0.4 is 4.90 Å². The Hall–Kier alpha value is -7.68. The highest BCUT2D eigenvalue weighted by molar-refractivity contribution is 6.22. The van der Waals surface area contributed by atoms with Crippen LogP contribution in [0.25, 0.3) is 88.0 Å².